The Hall–Kier alpha value is -1.42. The highest BCUT2D eigenvalue weighted by Gasteiger charge is 2.18. The number of benzene rings is 1. The predicted octanol–water partition coefficient (Wildman–Crippen LogP) is 3.18. The van der Waals surface area contributed by atoms with Gasteiger partial charge in [0.15, 0.2) is 0 Å². The fraction of sp³-hybridized carbons (Fsp3) is 0.571. The third kappa shape index (κ3) is 4.11. The van der Waals surface area contributed by atoms with Crippen LogP contribution < -0.4 is 0 Å². The fourth-order valence-corrected chi connectivity index (χ4v) is 2.25. The maximum absolute atomic E-state index is 10.5. The highest BCUT2D eigenvalue weighted by atomic mass is 16.6. The van der Waals surface area contributed by atoms with Crippen LogP contribution in [-0.2, 0) is 6.42 Å². The molecule has 1 rings (SSSR count). The van der Waals surface area contributed by atoms with Gasteiger partial charge in [-0.15, -0.1) is 0 Å². The lowest BCUT2D eigenvalue weighted by Gasteiger charge is -2.23. The molecule has 0 spiro atoms. The van der Waals surface area contributed by atoms with Crippen LogP contribution in [0.3, 0.4) is 0 Å². The van der Waals surface area contributed by atoms with Gasteiger partial charge in [-0.1, -0.05) is 26.0 Å². The summed E-state index contributed by atoms with van der Waals surface area (Å²) in [5.74, 6) is 0.697. The summed E-state index contributed by atoms with van der Waals surface area (Å²) >= 11 is 0. The molecule has 1 aromatic carbocycles. The molecule has 2 atom stereocenters. The normalized spacial score (nSPS) is 14.5. The molecular weight excluding hydrogens is 230 g/mol. The van der Waals surface area contributed by atoms with Crippen LogP contribution in [0.5, 0.6) is 0 Å². The minimum Gasteiger partial charge on any atom is -0.393 e. The average molecular weight is 251 g/mol. The first kappa shape index (κ1) is 14.6. The number of aryl methyl sites for hydroxylation is 1. The maximum atomic E-state index is 10.5. The number of nitrogens with zero attached hydrogens (tertiary/aromatic N) is 1. The van der Waals surface area contributed by atoms with Crippen LogP contribution in [0.1, 0.15) is 32.8 Å². The number of aliphatic hydroxyl groups excluding tert-OH is 1. The summed E-state index contributed by atoms with van der Waals surface area (Å²) in [6, 6.07) is 6.64. The van der Waals surface area contributed by atoms with E-state index in [0.29, 0.717) is 5.92 Å². The lowest BCUT2D eigenvalue weighted by molar-refractivity contribution is -0.384. The zero-order valence-electron chi connectivity index (χ0n) is 11.2. The molecule has 0 aliphatic carbocycles. The Labute approximate surface area is 108 Å². The van der Waals surface area contributed by atoms with Crippen molar-refractivity contribution in [2.75, 3.05) is 0 Å². The van der Waals surface area contributed by atoms with Gasteiger partial charge in [0.2, 0.25) is 0 Å². The van der Waals surface area contributed by atoms with Gasteiger partial charge in [-0.25, -0.2) is 0 Å². The van der Waals surface area contributed by atoms with E-state index in [1.165, 1.54) is 12.1 Å². The van der Waals surface area contributed by atoms with E-state index in [1.807, 2.05) is 6.92 Å². The van der Waals surface area contributed by atoms with Crippen LogP contribution in [0, 0.1) is 22.0 Å². The molecular formula is C14H21NO3. The van der Waals surface area contributed by atoms with Crippen LogP contribution in [0.15, 0.2) is 24.3 Å². The lowest BCUT2D eigenvalue weighted by atomic mass is 9.86. The van der Waals surface area contributed by atoms with Gasteiger partial charge in [-0.3, -0.25) is 10.1 Å². The zero-order chi connectivity index (χ0) is 13.7. The Bertz CT molecular complexity index is 377. The van der Waals surface area contributed by atoms with Gasteiger partial charge in [-0.05, 0) is 37.2 Å². The second kappa shape index (κ2) is 6.50. The van der Waals surface area contributed by atoms with Crippen molar-refractivity contribution in [1.29, 1.82) is 0 Å². The SMILES string of the molecule is CC(C)C(CCc1ccc([N+](=O)[O-])cc1)C(C)O. The summed E-state index contributed by atoms with van der Waals surface area (Å²) < 4.78 is 0. The van der Waals surface area contributed by atoms with Crippen LogP contribution >= 0.6 is 0 Å². The molecule has 0 amide bonds. The number of hydrogen-bond acceptors (Lipinski definition) is 3. The number of hydrogen-bond donors (Lipinski definition) is 1. The predicted molar refractivity (Wildman–Crippen MR) is 71.4 cm³/mol. The first-order valence-corrected chi connectivity index (χ1v) is 6.33. The maximum Gasteiger partial charge on any atom is 0.269 e. The monoisotopic (exact) mass is 251 g/mol. The van der Waals surface area contributed by atoms with Crippen LogP contribution in [0.25, 0.3) is 0 Å². The summed E-state index contributed by atoms with van der Waals surface area (Å²) in [5.41, 5.74) is 1.20. The third-order valence-electron chi connectivity index (χ3n) is 3.39. The summed E-state index contributed by atoms with van der Waals surface area (Å²) in [5, 5.41) is 20.2. The Balaban J connectivity index is 2.60. The molecule has 4 heteroatoms. The molecule has 0 saturated heterocycles. The average Bonchev–Trinajstić information content (AvgIpc) is 2.28. The van der Waals surface area contributed by atoms with Gasteiger partial charge in [0.25, 0.3) is 5.69 Å². The number of nitro benzene ring substituents is 1. The number of rotatable bonds is 6. The van der Waals surface area contributed by atoms with Crippen LogP contribution in [0.4, 0.5) is 5.69 Å². The van der Waals surface area contributed by atoms with E-state index < -0.39 is 4.92 Å². The molecule has 1 N–H and O–H groups in total. The largest absolute Gasteiger partial charge is 0.393 e. The lowest BCUT2D eigenvalue weighted by Crippen LogP contribution is -2.22. The van der Waals surface area contributed by atoms with E-state index in [-0.39, 0.29) is 17.7 Å². The smallest absolute Gasteiger partial charge is 0.269 e. The third-order valence-corrected chi connectivity index (χ3v) is 3.39. The molecule has 0 aliphatic rings. The van der Waals surface area contributed by atoms with Gasteiger partial charge in [0.1, 0.15) is 0 Å². The van der Waals surface area contributed by atoms with Gasteiger partial charge in [0, 0.05) is 12.1 Å². The molecule has 0 aliphatic heterocycles. The molecule has 0 radical (unpaired) electrons. The Morgan fingerprint density at radius 3 is 2.17 bits per heavy atom. The molecule has 0 aromatic heterocycles. The summed E-state index contributed by atoms with van der Waals surface area (Å²) in [7, 11) is 0. The zero-order valence-corrected chi connectivity index (χ0v) is 11.2. The Kier molecular flexibility index (Phi) is 5.28. The highest BCUT2D eigenvalue weighted by molar-refractivity contribution is 5.32. The van der Waals surface area contributed by atoms with Crippen molar-refractivity contribution in [3.8, 4) is 0 Å². The standard InChI is InChI=1S/C14H21NO3/c1-10(2)14(11(3)16)9-6-12-4-7-13(8-5-12)15(17)18/h4-5,7-8,10-11,14,16H,6,9H2,1-3H3. The van der Waals surface area contributed by atoms with Gasteiger partial charge >= 0.3 is 0 Å². The molecule has 0 saturated carbocycles. The molecule has 0 bridgehead atoms. The van der Waals surface area contributed by atoms with E-state index in [0.717, 1.165) is 18.4 Å². The van der Waals surface area contributed by atoms with E-state index >= 15 is 0 Å². The van der Waals surface area contributed by atoms with E-state index in [4.69, 9.17) is 0 Å². The number of non-ortho nitro benzene ring substituents is 1. The van der Waals surface area contributed by atoms with Crippen molar-refractivity contribution >= 4 is 5.69 Å². The van der Waals surface area contributed by atoms with Crippen LogP contribution in [0.2, 0.25) is 0 Å². The first-order valence-electron chi connectivity index (χ1n) is 6.33. The fourth-order valence-electron chi connectivity index (χ4n) is 2.25. The first-order chi connectivity index (χ1) is 8.41. The molecule has 4 nitrogen and oxygen atoms in total. The van der Waals surface area contributed by atoms with E-state index in [9.17, 15) is 15.2 Å². The van der Waals surface area contributed by atoms with Crippen molar-refractivity contribution in [3.63, 3.8) is 0 Å². The van der Waals surface area contributed by atoms with Crippen molar-refractivity contribution in [2.24, 2.45) is 11.8 Å². The Morgan fingerprint density at radius 2 is 1.78 bits per heavy atom. The summed E-state index contributed by atoms with van der Waals surface area (Å²) in [4.78, 5) is 10.1. The van der Waals surface area contributed by atoms with Crippen molar-refractivity contribution in [1.82, 2.24) is 0 Å². The molecule has 0 fully saturated rings. The highest BCUT2D eigenvalue weighted by Crippen LogP contribution is 2.22. The molecule has 18 heavy (non-hydrogen) atoms. The minimum atomic E-state index is -0.392. The minimum absolute atomic E-state index is 0.120. The van der Waals surface area contributed by atoms with Crippen molar-refractivity contribution in [3.05, 3.63) is 39.9 Å². The van der Waals surface area contributed by atoms with Crippen molar-refractivity contribution < 1.29 is 10.0 Å². The van der Waals surface area contributed by atoms with Gasteiger partial charge < -0.3 is 5.11 Å². The second-order valence-corrected chi connectivity index (χ2v) is 5.11. The Morgan fingerprint density at radius 1 is 1.22 bits per heavy atom. The summed E-state index contributed by atoms with van der Waals surface area (Å²) in [6.07, 6.45) is 1.42. The molecule has 0 heterocycles. The number of nitro groups is 1. The molecule has 1 aromatic rings. The van der Waals surface area contributed by atoms with Crippen molar-refractivity contribution in [2.45, 2.75) is 39.7 Å². The van der Waals surface area contributed by atoms with Gasteiger partial charge in [-0.2, -0.15) is 0 Å². The topological polar surface area (TPSA) is 63.4 Å². The van der Waals surface area contributed by atoms with E-state index in [1.54, 1.807) is 12.1 Å². The van der Waals surface area contributed by atoms with Gasteiger partial charge in [0.05, 0.1) is 11.0 Å². The number of aliphatic hydroxyl groups is 1. The van der Waals surface area contributed by atoms with Crippen LogP contribution in [-0.4, -0.2) is 16.1 Å². The quantitative estimate of drug-likeness (QED) is 0.624. The molecule has 2 unspecified atom stereocenters. The summed E-state index contributed by atoms with van der Waals surface area (Å²) in [6.45, 7) is 6.03. The molecule has 100 valence electrons. The van der Waals surface area contributed by atoms with E-state index in [2.05, 4.69) is 13.8 Å². The second-order valence-electron chi connectivity index (χ2n) is 5.11.